The van der Waals surface area contributed by atoms with E-state index in [0.717, 1.165) is 50.5 Å². The fraction of sp³-hybridized carbons (Fsp3) is 0.0312. The van der Waals surface area contributed by atoms with Crippen LogP contribution >= 0.6 is 0 Å². The molecule has 5 aromatic rings. The van der Waals surface area contributed by atoms with Crippen LogP contribution in [0.3, 0.4) is 0 Å². The molecule has 34 heavy (non-hydrogen) atoms. The predicted molar refractivity (Wildman–Crippen MR) is 140 cm³/mol. The van der Waals surface area contributed by atoms with Gasteiger partial charge in [-0.25, -0.2) is 4.98 Å². The average molecular weight is 438 g/mol. The molecule has 0 N–H and O–H groups in total. The first kappa shape index (κ1) is 21.2. The van der Waals surface area contributed by atoms with Gasteiger partial charge in [-0.15, -0.1) is 0 Å². The fourth-order valence-corrected chi connectivity index (χ4v) is 3.78. The van der Waals surface area contributed by atoms with E-state index in [9.17, 15) is 0 Å². The van der Waals surface area contributed by atoms with Crippen molar-refractivity contribution in [3.63, 3.8) is 0 Å². The summed E-state index contributed by atoms with van der Waals surface area (Å²) in [5.74, 6) is 7.30. The maximum Gasteiger partial charge on any atom is 0.118 e. The minimum atomic E-state index is 0.831. The van der Waals surface area contributed by atoms with Crippen LogP contribution in [-0.4, -0.2) is 12.1 Å². The van der Waals surface area contributed by atoms with Gasteiger partial charge in [-0.05, 0) is 59.7 Å². The summed E-state index contributed by atoms with van der Waals surface area (Å²) in [5, 5.41) is 0. The average Bonchev–Trinajstić information content (AvgIpc) is 2.93. The normalized spacial score (nSPS) is 10.3. The van der Waals surface area contributed by atoms with Crippen molar-refractivity contribution in [3.05, 3.63) is 132 Å². The van der Waals surface area contributed by atoms with Crippen LogP contribution < -0.4 is 4.74 Å². The van der Waals surface area contributed by atoms with Crippen molar-refractivity contribution < 1.29 is 4.74 Å². The molecular formula is C32H23NO. The second kappa shape index (κ2) is 9.90. The SMILES string of the molecule is COc1ccc(C#Cc2ccc(-c3cc(-c4ccccc4)nc(-c4ccccc4)c3)cc2)cc1. The molecule has 0 saturated heterocycles. The summed E-state index contributed by atoms with van der Waals surface area (Å²) in [4.78, 5) is 4.96. The number of hydrogen-bond acceptors (Lipinski definition) is 2. The Bertz CT molecular complexity index is 1390. The summed E-state index contributed by atoms with van der Waals surface area (Å²) in [6.45, 7) is 0. The zero-order valence-corrected chi connectivity index (χ0v) is 18.9. The third-order valence-electron chi connectivity index (χ3n) is 5.62. The summed E-state index contributed by atoms with van der Waals surface area (Å²) in [6.07, 6.45) is 0. The highest BCUT2D eigenvalue weighted by molar-refractivity contribution is 5.76. The van der Waals surface area contributed by atoms with Crippen LogP contribution in [0.15, 0.2) is 121 Å². The highest BCUT2D eigenvalue weighted by Crippen LogP contribution is 2.30. The van der Waals surface area contributed by atoms with E-state index in [1.165, 1.54) is 0 Å². The highest BCUT2D eigenvalue weighted by Gasteiger charge is 2.08. The van der Waals surface area contributed by atoms with Crippen LogP contribution in [0.1, 0.15) is 11.1 Å². The van der Waals surface area contributed by atoms with Crippen LogP contribution in [-0.2, 0) is 0 Å². The number of nitrogens with zero attached hydrogens (tertiary/aromatic N) is 1. The van der Waals surface area contributed by atoms with Gasteiger partial charge in [0.15, 0.2) is 0 Å². The first-order valence-electron chi connectivity index (χ1n) is 11.2. The molecule has 2 heteroatoms. The Morgan fingerprint density at radius 1 is 0.500 bits per heavy atom. The third kappa shape index (κ3) is 4.90. The van der Waals surface area contributed by atoms with Gasteiger partial charge in [-0.3, -0.25) is 0 Å². The van der Waals surface area contributed by atoms with E-state index < -0.39 is 0 Å². The van der Waals surface area contributed by atoms with Crippen LogP contribution in [0.25, 0.3) is 33.6 Å². The van der Waals surface area contributed by atoms with Crippen molar-refractivity contribution >= 4 is 0 Å². The third-order valence-corrected chi connectivity index (χ3v) is 5.62. The molecule has 0 atom stereocenters. The van der Waals surface area contributed by atoms with Crippen LogP contribution in [0.2, 0.25) is 0 Å². The van der Waals surface area contributed by atoms with Crippen molar-refractivity contribution in [3.8, 4) is 51.2 Å². The van der Waals surface area contributed by atoms with Crippen molar-refractivity contribution in [1.82, 2.24) is 4.98 Å². The lowest BCUT2D eigenvalue weighted by Crippen LogP contribution is -1.91. The quantitative estimate of drug-likeness (QED) is 0.272. The molecule has 5 rings (SSSR count). The van der Waals surface area contributed by atoms with Gasteiger partial charge in [0.05, 0.1) is 18.5 Å². The van der Waals surface area contributed by atoms with Crippen molar-refractivity contribution in [2.75, 3.05) is 7.11 Å². The Kier molecular flexibility index (Phi) is 6.18. The van der Waals surface area contributed by atoms with Crippen molar-refractivity contribution in [2.45, 2.75) is 0 Å². The second-order valence-electron chi connectivity index (χ2n) is 7.91. The lowest BCUT2D eigenvalue weighted by atomic mass is 9.99. The van der Waals surface area contributed by atoms with Crippen LogP contribution in [0.5, 0.6) is 5.75 Å². The smallest absolute Gasteiger partial charge is 0.118 e. The number of hydrogen-bond donors (Lipinski definition) is 0. The Morgan fingerprint density at radius 3 is 1.44 bits per heavy atom. The van der Waals surface area contributed by atoms with E-state index in [0.29, 0.717) is 0 Å². The molecule has 0 unspecified atom stereocenters. The van der Waals surface area contributed by atoms with Gasteiger partial charge in [-0.2, -0.15) is 0 Å². The molecule has 0 amide bonds. The predicted octanol–water partition coefficient (Wildman–Crippen LogP) is 7.49. The number of methoxy groups -OCH3 is 1. The molecule has 0 saturated carbocycles. The minimum Gasteiger partial charge on any atom is -0.497 e. The molecule has 0 radical (unpaired) electrons. The number of rotatable bonds is 4. The van der Waals surface area contributed by atoms with Gasteiger partial charge in [0, 0.05) is 22.3 Å². The van der Waals surface area contributed by atoms with E-state index >= 15 is 0 Å². The maximum atomic E-state index is 5.21. The summed E-state index contributed by atoms with van der Waals surface area (Å²) in [5.41, 5.74) is 8.31. The molecule has 1 aromatic heterocycles. The van der Waals surface area contributed by atoms with Gasteiger partial charge in [-0.1, -0.05) is 84.6 Å². The largest absolute Gasteiger partial charge is 0.497 e. The van der Waals surface area contributed by atoms with E-state index in [2.05, 4.69) is 72.5 Å². The van der Waals surface area contributed by atoms with Gasteiger partial charge in [0.25, 0.3) is 0 Å². The van der Waals surface area contributed by atoms with Gasteiger partial charge in [0.2, 0.25) is 0 Å². The molecule has 0 aliphatic heterocycles. The number of pyridine rings is 1. The standard InChI is InChI=1S/C32H23NO/c1-34-30-20-16-25(17-21-30)13-12-24-14-18-26(19-15-24)29-22-31(27-8-4-2-5-9-27)33-32(23-29)28-10-6-3-7-11-28/h2-11,14-23H,1H3. The van der Waals surface area contributed by atoms with Crippen molar-refractivity contribution in [1.29, 1.82) is 0 Å². The Hall–Kier alpha value is -4.61. The van der Waals surface area contributed by atoms with Gasteiger partial charge >= 0.3 is 0 Å². The summed E-state index contributed by atoms with van der Waals surface area (Å²) in [7, 11) is 1.66. The molecule has 1 heterocycles. The summed E-state index contributed by atoms with van der Waals surface area (Å²) in [6, 6.07) is 41.1. The molecule has 2 nitrogen and oxygen atoms in total. The molecular weight excluding hydrogens is 414 g/mol. The Balaban J connectivity index is 1.48. The molecule has 0 aliphatic rings. The van der Waals surface area contributed by atoms with Gasteiger partial charge in [0.1, 0.15) is 5.75 Å². The van der Waals surface area contributed by atoms with E-state index in [-0.39, 0.29) is 0 Å². The number of ether oxygens (including phenoxy) is 1. The molecule has 0 spiro atoms. The van der Waals surface area contributed by atoms with E-state index in [4.69, 9.17) is 9.72 Å². The van der Waals surface area contributed by atoms with E-state index in [1.807, 2.05) is 60.7 Å². The minimum absolute atomic E-state index is 0.831. The molecule has 162 valence electrons. The van der Waals surface area contributed by atoms with Crippen LogP contribution in [0, 0.1) is 11.8 Å². The zero-order valence-electron chi connectivity index (χ0n) is 18.9. The monoisotopic (exact) mass is 437 g/mol. The first-order chi connectivity index (χ1) is 16.8. The second-order valence-corrected chi connectivity index (χ2v) is 7.91. The molecule has 0 bridgehead atoms. The first-order valence-corrected chi connectivity index (χ1v) is 11.2. The number of aromatic nitrogens is 1. The maximum absolute atomic E-state index is 5.21. The number of benzene rings is 4. The summed E-state index contributed by atoms with van der Waals surface area (Å²) >= 11 is 0. The molecule has 0 aliphatic carbocycles. The fourth-order valence-electron chi connectivity index (χ4n) is 3.78. The lowest BCUT2D eigenvalue weighted by molar-refractivity contribution is 0.415. The van der Waals surface area contributed by atoms with Crippen LogP contribution in [0.4, 0.5) is 0 Å². The van der Waals surface area contributed by atoms with E-state index in [1.54, 1.807) is 7.11 Å². The molecule has 0 fully saturated rings. The summed E-state index contributed by atoms with van der Waals surface area (Å²) < 4.78 is 5.21. The highest BCUT2D eigenvalue weighted by atomic mass is 16.5. The lowest BCUT2D eigenvalue weighted by Gasteiger charge is -2.10. The van der Waals surface area contributed by atoms with Crippen molar-refractivity contribution in [2.24, 2.45) is 0 Å². The Labute approximate surface area is 200 Å². The topological polar surface area (TPSA) is 22.1 Å². The van der Waals surface area contributed by atoms with Gasteiger partial charge < -0.3 is 4.74 Å². The Morgan fingerprint density at radius 2 is 0.971 bits per heavy atom. The molecule has 4 aromatic carbocycles. The zero-order chi connectivity index (χ0) is 23.2.